The molecule has 1 aromatic carbocycles. The Kier molecular flexibility index (Phi) is 1.59. The lowest BCUT2D eigenvalue weighted by Crippen LogP contribution is -2.51. The molecule has 1 saturated carbocycles. The first-order chi connectivity index (χ1) is 7.27. The summed E-state index contributed by atoms with van der Waals surface area (Å²) in [7, 11) is 0. The molecule has 2 amide bonds. The second-order valence-electron chi connectivity index (χ2n) is 3.81. The van der Waals surface area contributed by atoms with Crippen molar-refractivity contribution in [2.24, 2.45) is 4.99 Å². The zero-order chi connectivity index (χ0) is 10.4. The summed E-state index contributed by atoms with van der Waals surface area (Å²) in [5.74, 6) is -1.14. The van der Waals surface area contributed by atoms with Crippen molar-refractivity contribution in [3.8, 4) is 0 Å². The minimum absolute atomic E-state index is 0.207. The largest absolute Gasteiger partial charge is 0.480 e. The van der Waals surface area contributed by atoms with E-state index in [2.05, 4.69) is 4.99 Å². The fourth-order valence-corrected chi connectivity index (χ4v) is 1.83. The minimum Gasteiger partial charge on any atom is -0.255 e. The Morgan fingerprint density at radius 3 is 2.67 bits per heavy atom. The van der Waals surface area contributed by atoms with Crippen molar-refractivity contribution in [1.29, 1.82) is 0 Å². The lowest BCUT2D eigenvalue weighted by molar-refractivity contribution is -0.139. The van der Waals surface area contributed by atoms with Crippen molar-refractivity contribution in [2.45, 2.75) is 18.9 Å². The molecule has 4 heteroatoms. The number of nitrogens with zero attached hydrogens (tertiary/aromatic N) is 2. The molecule has 0 bridgehead atoms. The molecule has 1 aromatic rings. The smallest absolute Gasteiger partial charge is 0.255 e. The number of hydrogen-bond donors (Lipinski definition) is 0. The molecule has 2 aliphatic rings. The summed E-state index contributed by atoms with van der Waals surface area (Å²) in [4.78, 5) is 26.8. The van der Waals surface area contributed by atoms with E-state index in [0.717, 1.165) is 18.2 Å². The average molecular weight is 201 g/mol. The van der Waals surface area contributed by atoms with E-state index in [1.165, 1.54) is 0 Å². The van der Waals surface area contributed by atoms with Crippen LogP contribution < -0.4 is 15.3 Å². The number of rotatable bonds is 1. The van der Waals surface area contributed by atoms with E-state index in [1.807, 2.05) is 18.2 Å². The van der Waals surface area contributed by atoms with Crippen LogP contribution in [0.5, 0.6) is 0 Å². The fourth-order valence-electron chi connectivity index (χ4n) is 1.83. The van der Waals surface area contributed by atoms with Gasteiger partial charge in [-0.15, -0.1) is 4.58 Å². The van der Waals surface area contributed by atoms with Crippen molar-refractivity contribution in [3.63, 3.8) is 0 Å². The monoisotopic (exact) mass is 201 g/mol. The third kappa shape index (κ3) is 1.21. The first-order valence-electron chi connectivity index (χ1n) is 4.95. The Hall–Kier alpha value is -1.84. The van der Waals surface area contributed by atoms with E-state index in [4.69, 9.17) is 0 Å². The maximum absolute atomic E-state index is 11.7. The topological polar surface area (TPSA) is 49.5 Å². The van der Waals surface area contributed by atoms with Crippen LogP contribution in [0.3, 0.4) is 0 Å². The Balaban J connectivity index is 2.42. The molecule has 0 spiro atoms. The maximum Gasteiger partial charge on any atom is 0.480 e. The van der Waals surface area contributed by atoms with Gasteiger partial charge in [-0.05, 0) is 6.07 Å². The maximum atomic E-state index is 11.7. The van der Waals surface area contributed by atoms with Crippen LogP contribution >= 0.6 is 0 Å². The standard InChI is InChI=1S/C11H9N2O2/c14-10-11(15)13(7-5-6-7)9-4-2-1-3-8(9)12-10/h1-4,7H,5-6H2/q+1. The van der Waals surface area contributed by atoms with Crippen molar-refractivity contribution in [1.82, 2.24) is 4.58 Å². The van der Waals surface area contributed by atoms with Gasteiger partial charge in [0.1, 0.15) is 5.36 Å². The summed E-state index contributed by atoms with van der Waals surface area (Å²) in [6, 6.07) is 7.47. The summed E-state index contributed by atoms with van der Waals surface area (Å²) in [6.45, 7) is 0. The number of amides is 2. The lowest BCUT2D eigenvalue weighted by atomic mass is 10.3. The first-order valence-corrected chi connectivity index (χ1v) is 4.95. The Morgan fingerprint density at radius 1 is 1.20 bits per heavy atom. The molecule has 1 fully saturated rings. The molecular weight excluding hydrogens is 192 g/mol. The van der Waals surface area contributed by atoms with Crippen molar-refractivity contribution < 1.29 is 9.59 Å². The molecule has 1 aliphatic heterocycles. The number of hydrogen-bond acceptors (Lipinski definition) is 2. The van der Waals surface area contributed by atoms with E-state index in [9.17, 15) is 9.59 Å². The molecule has 0 saturated heterocycles. The van der Waals surface area contributed by atoms with Crippen LogP contribution in [0.1, 0.15) is 12.8 Å². The normalized spacial score (nSPS) is 19.9. The van der Waals surface area contributed by atoms with Gasteiger partial charge >= 0.3 is 11.8 Å². The highest BCUT2D eigenvalue weighted by molar-refractivity contribution is 6.36. The molecule has 0 unspecified atom stereocenters. The molecule has 74 valence electrons. The van der Waals surface area contributed by atoms with Gasteiger partial charge in [0.2, 0.25) is 5.36 Å². The number of para-hydroxylation sites is 2. The summed E-state index contributed by atoms with van der Waals surface area (Å²) in [5, 5.41) is 1.37. The summed E-state index contributed by atoms with van der Waals surface area (Å²) in [6.07, 6.45) is 1.96. The van der Waals surface area contributed by atoms with Crippen LogP contribution in [0.4, 0.5) is 0 Å². The molecule has 3 rings (SSSR count). The van der Waals surface area contributed by atoms with Gasteiger partial charge in [-0.25, -0.2) is 4.79 Å². The fraction of sp³-hybridized carbons (Fsp3) is 0.273. The highest BCUT2D eigenvalue weighted by atomic mass is 16.2. The molecule has 0 radical (unpaired) electrons. The minimum atomic E-state index is -0.652. The SMILES string of the molecule is O=C1N=c2ccccc2=[N+](C2CC2)C1=O. The Bertz CT molecular complexity index is 585. The second kappa shape index (κ2) is 2.82. The summed E-state index contributed by atoms with van der Waals surface area (Å²) in [5.41, 5.74) is 0. The predicted octanol–water partition coefficient (Wildman–Crippen LogP) is -0.973. The molecule has 0 atom stereocenters. The molecule has 1 heterocycles. The van der Waals surface area contributed by atoms with Crippen LogP contribution in [-0.4, -0.2) is 17.9 Å². The van der Waals surface area contributed by atoms with Gasteiger partial charge in [0, 0.05) is 18.9 Å². The van der Waals surface area contributed by atoms with Gasteiger partial charge in [0.05, 0.1) is 0 Å². The molecule has 0 aromatic heterocycles. The number of carbonyl (C=O) groups excluding carboxylic acids is 2. The molecule has 0 N–H and O–H groups in total. The van der Waals surface area contributed by atoms with Gasteiger partial charge < -0.3 is 0 Å². The highest BCUT2D eigenvalue weighted by Gasteiger charge is 2.43. The zero-order valence-electron chi connectivity index (χ0n) is 8.01. The van der Waals surface area contributed by atoms with E-state index < -0.39 is 11.8 Å². The van der Waals surface area contributed by atoms with Gasteiger partial charge in [-0.3, -0.25) is 4.79 Å². The number of carbonyl (C=O) groups is 2. The van der Waals surface area contributed by atoms with Gasteiger partial charge in [0.15, 0.2) is 6.04 Å². The van der Waals surface area contributed by atoms with E-state index in [1.54, 1.807) is 10.6 Å². The van der Waals surface area contributed by atoms with Crippen LogP contribution in [0.25, 0.3) is 0 Å². The third-order valence-electron chi connectivity index (χ3n) is 2.68. The predicted molar refractivity (Wildman–Crippen MR) is 51.5 cm³/mol. The molecule has 4 nitrogen and oxygen atoms in total. The second-order valence-corrected chi connectivity index (χ2v) is 3.81. The van der Waals surface area contributed by atoms with Crippen molar-refractivity contribution in [2.75, 3.05) is 0 Å². The van der Waals surface area contributed by atoms with E-state index in [0.29, 0.717) is 5.36 Å². The van der Waals surface area contributed by atoms with Crippen LogP contribution in [0, 0.1) is 0 Å². The van der Waals surface area contributed by atoms with Crippen LogP contribution in [-0.2, 0) is 9.59 Å². The number of fused-ring (bicyclic) bond motifs is 1. The zero-order valence-corrected chi connectivity index (χ0v) is 8.01. The van der Waals surface area contributed by atoms with E-state index >= 15 is 0 Å². The van der Waals surface area contributed by atoms with Crippen molar-refractivity contribution >= 4 is 11.8 Å². The molecule has 15 heavy (non-hydrogen) atoms. The summed E-state index contributed by atoms with van der Waals surface area (Å²) >= 11 is 0. The Morgan fingerprint density at radius 2 is 1.93 bits per heavy atom. The van der Waals surface area contributed by atoms with E-state index in [-0.39, 0.29) is 6.04 Å². The summed E-state index contributed by atoms with van der Waals surface area (Å²) < 4.78 is 1.59. The third-order valence-corrected chi connectivity index (χ3v) is 2.68. The van der Waals surface area contributed by atoms with Gasteiger partial charge in [-0.2, -0.15) is 4.99 Å². The Labute approximate surface area is 85.6 Å². The van der Waals surface area contributed by atoms with Crippen LogP contribution in [0.15, 0.2) is 29.3 Å². The quantitative estimate of drug-likeness (QED) is 0.433. The molecular formula is C11H9N2O2+. The van der Waals surface area contributed by atoms with Gasteiger partial charge in [0.25, 0.3) is 0 Å². The highest BCUT2D eigenvalue weighted by Crippen LogP contribution is 2.21. The average Bonchev–Trinajstić information content (AvgIpc) is 3.04. The van der Waals surface area contributed by atoms with Crippen molar-refractivity contribution in [3.05, 3.63) is 35.0 Å². The van der Waals surface area contributed by atoms with Crippen LogP contribution in [0.2, 0.25) is 0 Å². The van der Waals surface area contributed by atoms with Gasteiger partial charge in [-0.1, -0.05) is 12.1 Å². The lowest BCUT2D eigenvalue weighted by Gasteiger charge is -2.00. The first kappa shape index (κ1) is 8.47. The molecule has 1 aliphatic carbocycles. The number of benzene rings is 1.